The van der Waals surface area contributed by atoms with Crippen molar-refractivity contribution in [1.82, 2.24) is 0 Å². The molecule has 1 aliphatic heterocycles. The van der Waals surface area contributed by atoms with Crippen molar-refractivity contribution in [1.29, 1.82) is 0 Å². The van der Waals surface area contributed by atoms with E-state index in [9.17, 15) is 4.79 Å². The van der Waals surface area contributed by atoms with Gasteiger partial charge in [0.15, 0.2) is 0 Å². The summed E-state index contributed by atoms with van der Waals surface area (Å²) in [5, 5.41) is 2.91. The van der Waals surface area contributed by atoms with Gasteiger partial charge in [0.25, 0.3) is 5.91 Å². The second-order valence-electron chi connectivity index (χ2n) is 5.12. The molecule has 0 atom stereocenters. The summed E-state index contributed by atoms with van der Waals surface area (Å²) in [5.41, 5.74) is 4.45. The van der Waals surface area contributed by atoms with Crippen LogP contribution in [0.1, 0.15) is 28.2 Å². The van der Waals surface area contributed by atoms with E-state index in [2.05, 4.69) is 37.2 Å². The SMILES string of the molecule is Cc1cc(C=C2C(=O)Nc3c(Br)cc(Br)c(C)c32)oc1C. The van der Waals surface area contributed by atoms with Gasteiger partial charge in [0.2, 0.25) is 0 Å². The number of nitrogens with one attached hydrogen (secondary N) is 1. The van der Waals surface area contributed by atoms with Crippen molar-refractivity contribution in [2.75, 3.05) is 5.32 Å². The zero-order valence-electron chi connectivity index (χ0n) is 11.8. The molecular weight excluding hydrogens is 398 g/mol. The average Bonchev–Trinajstić information content (AvgIpc) is 2.90. The van der Waals surface area contributed by atoms with Crippen molar-refractivity contribution in [2.24, 2.45) is 0 Å². The van der Waals surface area contributed by atoms with E-state index in [1.807, 2.05) is 32.9 Å². The minimum atomic E-state index is -0.112. The third-order valence-corrected chi connectivity index (χ3v) is 5.15. The highest BCUT2D eigenvalue weighted by molar-refractivity contribution is 9.11. The Morgan fingerprint density at radius 2 is 1.86 bits per heavy atom. The van der Waals surface area contributed by atoms with E-state index in [0.717, 1.165) is 37.1 Å². The van der Waals surface area contributed by atoms with E-state index >= 15 is 0 Å². The van der Waals surface area contributed by atoms with Gasteiger partial charge < -0.3 is 9.73 Å². The lowest BCUT2D eigenvalue weighted by Crippen LogP contribution is -2.03. The number of hydrogen-bond donors (Lipinski definition) is 1. The molecule has 5 heteroatoms. The van der Waals surface area contributed by atoms with Gasteiger partial charge in [0.1, 0.15) is 11.5 Å². The Hall–Kier alpha value is -1.33. The molecular formula is C16H13Br2NO2. The van der Waals surface area contributed by atoms with Crippen LogP contribution in [0.2, 0.25) is 0 Å². The molecule has 0 bridgehead atoms. The quantitative estimate of drug-likeness (QED) is 0.654. The fraction of sp³-hybridized carbons (Fsp3) is 0.188. The summed E-state index contributed by atoms with van der Waals surface area (Å²) in [5.74, 6) is 1.45. The monoisotopic (exact) mass is 409 g/mol. The van der Waals surface area contributed by atoms with Crippen LogP contribution >= 0.6 is 31.9 Å². The van der Waals surface area contributed by atoms with Gasteiger partial charge in [-0.25, -0.2) is 0 Å². The molecule has 21 heavy (non-hydrogen) atoms. The van der Waals surface area contributed by atoms with Crippen molar-refractivity contribution in [3.05, 3.63) is 49.3 Å². The molecule has 1 N–H and O–H groups in total. The first kappa shape index (κ1) is 14.6. The molecule has 0 unspecified atom stereocenters. The third-order valence-electron chi connectivity index (χ3n) is 3.70. The van der Waals surface area contributed by atoms with Crippen molar-refractivity contribution in [2.45, 2.75) is 20.8 Å². The van der Waals surface area contributed by atoms with Crippen molar-refractivity contribution in [3.63, 3.8) is 0 Å². The maximum atomic E-state index is 12.3. The van der Waals surface area contributed by atoms with Crippen LogP contribution in [0.3, 0.4) is 0 Å². The van der Waals surface area contributed by atoms with E-state index < -0.39 is 0 Å². The zero-order valence-corrected chi connectivity index (χ0v) is 15.0. The first-order valence-corrected chi connectivity index (χ1v) is 8.06. The van der Waals surface area contributed by atoms with Crippen molar-refractivity contribution >= 4 is 55.1 Å². The van der Waals surface area contributed by atoms with E-state index in [1.54, 1.807) is 6.08 Å². The highest BCUT2D eigenvalue weighted by atomic mass is 79.9. The van der Waals surface area contributed by atoms with Crippen LogP contribution in [0.15, 0.2) is 25.5 Å². The van der Waals surface area contributed by atoms with Crippen LogP contribution in [0.5, 0.6) is 0 Å². The summed E-state index contributed by atoms with van der Waals surface area (Å²) in [4.78, 5) is 12.3. The third kappa shape index (κ3) is 2.38. The van der Waals surface area contributed by atoms with Crippen molar-refractivity contribution < 1.29 is 9.21 Å². The van der Waals surface area contributed by atoms with Gasteiger partial charge >= 0.3 is 0 Å². The molecule has 1 aromatic carbocycles. The van der Waals surface area contributed by atoms with Gasteiger partial charge in [-0.15, -0.1) is 0 Å². The molecule has 3 rings (SSSR count). The van der Waals surface area contributed by atoms with E-state index in [1.165, 1.54) is 0 Å². The molecule has 1 amide bonds. The Labute approximate surface area is 139 Å². The normalized spacial score (nSPS) is 15.5. The minimum Gasteiger partial charge on any atom is -0.462 e. The lowest BCUT2D eigenvalue weighted by Gasteiger charge is -2.08. The smallest absolute Gasteiger partial charge is 0.256 e. The Kier molecular flexibility index (Phi) is 3.58. The van der Waals surface area contributed by atoms with Crippen LogP contribution in [0.25, 0.3) is 11.6 Å². The number of amides is 1. The Morgan fingerprint density at radius 3 is 2.48 bits per heavy atom. The van der Waals surface area contributed by atoms with Gasteiger partial charge in [0, 0.05) is 14.5 Å². The molecule has 108 valence electrons. The largest absolute Gasteiger partial charge is 0.462 e. The van der Waals surface area contributed by atoms with Gasteiger partial charge in [-0.1, -0.05) is 15.9 Å². The summed E-state index contributed by atoms with van der Waals surface area (Å²) in [6, 6.07) is 3.88. The number of furan rings is 1. The van der Waals surface area contributed by atoms with Crippen LogP contribution in [0.4, 0.5) is 5.69 Å². The number of carbonyl (C=O) groups excluding carboxylic acids is 1. The average molecular weight is 411 g/mol. The number of aryl methyl sites for hydroxylation is 2. The van der Waals surface area contributed by atoms with E-state index in [4.69, 9.17) is 4.42 Å². The molecule has 0 aliphatic carbocycles. The summed E-state index contributed by atoms with van der Waals surface area (Å²) >= 11 is 7.02. The van der Waals surface area contributed by atoms with Gasteiger partial charge in [-0.2, -0.15) is 0 Å². The summed E-state index contributed by atoms with van der Waals surface area (Å²) in [6.45, 7) is 5.89. The van der Waals surface area contributed by atoms with E-state index in [-0.39, 0.29) is 5.91 Å². The molecule has 2 aromatic rings. The van der Waals surface area contributed by atoms with Gasteiger partial charge in [-0.05, 0) is 66.0 Å². The lowest BCUT2D eigenvalue weighted by molar-refractivity contribution is -0.110. The fourth-order valence-corrected chi connectivity index (χ4v) is 3.68. The highest BCUT2D eigenvalue weighted by Gasteiger charge is 2.29. The fourth-order valence-electron chi connectivity index (χ4n) is 2.42. The Balaban J connectivity index is 2.21. The number of fused-ring (bicyclic) bond motifs is 1. The van der Waals surface area contributed by atoms with E-state index in [0.29, 0.717) is 11.3 Å². The van der Waals surface area contributed by atoms with Crippen LogP contribution < -0.4 is 5.32 Å². The Morgan fingerprint density at radius 1 is 1.14 bits per heavy atom. The summed E-state index contributed by atoms with van der Waals surface area (Å²) < 4.78 is 7.48. The molecule has 0 spiro atoms. The maximum Gasteiger partial charge on any atom is 0.256 e. The number of carbonyl (C=O) groups is 1. The molecule has 0 fully saturated rings. The molecule has 0 saturated carbocycles. The molecule has 3 nitrogen and oxygen atoms in total. The minimum absolute atomic E-state index is 0.112. The molecule has 0 saturated heterocycles. The van der Waals surface area contributed by atoms with Gasteiger partial charge in [-0.3, -0.25) is 4.79 Å². The first-order chi connectivity index (χ1) is 9.88. The predicted octanol–water partition coefficient (Wildman–Crippen LogP) is 5.22. The van der Waals surface area contributed by atoms with Crippen LogP contribution in [-0.4, -0.2) is 5.91 Å². The van der Waals surface area contributed by atoms with Gasteiger partial charge in [0.05, 0.1) is 11.3 Å². The van der Waals surface area contributed by atoms with Crippen molar-refractivity contribution in [3.8, 4) is 0 Å². The number of hydrogen-bond acceptors (Lipinski definition) is 2. The standard InChI is InChI=1S/C16H13Br2NO2/c1-7-4-10(21-9(7)3)5-11-14-8(2)12(17)6-13(18)15(14)19-16(11)20/h4-6H,1-3H3,(H,19,20). The first-order valence-electron chi connectivity index (χ1n) is 6.47. The predicted molar refractivity (Wildman–Crippen MR) is 91.3 cm³/mol. The lowest BCUT2D eigenvalue weighted by atomic mass is 10.0. The summed E-state index contributed by atoms with van der Waals surface area (Å²) in [7, 11) is 0. The van der Waals surface area contributed by atoms with Crippen LogP contribution in [-0.2, 0) is 4.79 Å². The zero-order chi connectivity index (χ0) is 15.3. The van der Waals surface area contributed by atoms with Crippen LogP contribution in [0, 0.1) is 20.8 Å². The molecule has 1 aromatic heterocycles. The molecule has 0 radical (unpaired) electrons. The number of rotatable bonds is 1. The summed E-state index contributed by atoms with van der Waals surface area (Å²) in [6.07, 6.45) is 1.80. The maximum absolute atomic E-state index is 12.3. The Bertz CT molecular complexity index is 784. The number of anilines is 1. The topological polar surface area (TPSA) is 42.2 Å². The second-order valence-corrected chi connectivity index (χ2v) is 6.82. The number of halogens is 2. The second kappa shape index (κ2) is 5.14. The molecule has 2 heterocycles. The highest BCUT2D eigenvalue weighted by Crippen LogP contribution is 2.43. The number of benzene rings is 1. The molecule has 1 aliphatic rings.